The maximum atomic E-state index is 11.6. The van der Waals surface area contributed by atoms with Crippen molar-refractivity contribution in [2.45, 2.75) is 25.8 Å². The molecule has 0 spiro atoms. The Balaban J connectivity index is 1.73. The fraction of sp³-hybridized carbons (Fsp3) is 0.462. The first-order valence-corrected chi connectivity index (χ1v) is 6.30. The molecule has 1 aliphatic carbocycles. The normalized spacial score (nSPS) is 22.9. The van der Waals surface area contributed by atoms with Crippen molar-refractivity contribution in [3.05, 3.63) is 29.3 Å². The van der Waals surface area contributed by atoms with Crippen LogP contribution in [0.2, 0.25) is 5.02 Å². The molecule has 0 saturated heterocycles. The largest absolute Gasteiger partial charge is 0.325 e. The zero-order valence-corrected chi connectivity index (χ0v) is 10.6. The van der Waals surface area contributed by atoms with Gasteiger partial charge < -0.3 is 10.6 Å². The highest BCUT2D eigenvalue weighted by molar-refractivity contribution is 6.30. The minimum atomic E-state index is -0.0215. The van der Waals surface area contributed by atoms with Crippen LogP contribution in [0.5, 0.6) is 0 Å². The topological polar surface area (TPSA) is 41.1 Å². The molecule has 92 valence electrons. The molecule has 17 heavy (non-hydrogen) atoms. The van der Waals surface area contributed by atoms with E-state index < -0.39 is 0 Å². The van der Waals surface area contributed by atoms with Crippen LogP contribution in [0.25, 0.3) is 0 Å². The molecule has 1 aliphatic rings. The van der Waals surface area contributed by atoms with Crippen LogP contribution in [0, 0.1) is 5.92 Å². The molecule has 3 nitrogen and oxygen atoms in total. The van der Waals surface area contributed by atoms with E-state index in [-0.39, 0.29) is 5.91 Å². The fourth-order valence-corrected chi connectivity index (χ4v) is 2.27. The zero-order valence-electron chi connectivity index (χ0n) is 9.87. The highest BCUT2D eigenvalue weighted by Crippen LogP contribution is 2.25. The van der Waals surface area contributed by atoms with Gasteiger partial charge in [-0.2, -0.15) is 0 Å². The second-order valence-electron chi connectivity index (χ2n) is 4.71. The first kappa shape index (κ1) is 12.4. The highest BCUT2D eigenvalue weighted by atomic mass is 35.5. The molecular weight excluding hydrogens is 236 g/mol. The number of hydrogen-bond donors (Lipinski definition) is 2. The molecule has 1 aromatic rings. The second kappa shape index (κ2) is 5.52. The van der Waals surface area contributed by atoms with Crippen molar-refractivity contribution >= 4 is 23.2 Å². The Morgan fingerprint density at radius 2 is 2.24 bits per heavy atom. The lowest BCUT2D eigenvalue weighted by atomic mass is 9.82. The van der Waals surface area contributed by atoms with Crippen LogP contribution in [0.4, 0.5) is 5.69 Å². The molecule has 0 aromatic heterocycles. The van der Waals surface area contributed by atoms with Crippen LogP contribution in [-0.4, -0.2) is 18.5 Å². The number of carbonyl (C=O) groups excluding carboxylic acids is 1. The molecular formula is C13H17ClN2O. The molecule has 1 amide bonds. The maximum absolute atomic E-state index is 11.6. The summed E-state index contributed by atoms with van der Waals surface area (Å²) in [5.41, 5.74) is 0.742. The monoisotopic (exact) mass is 252 g/mol. The van der Waals surface area contributed by atoms with Gasteiger partial charge in [-0.05, 0) is 37.0 Å². The van der Waals surface area contributed by atoms with Gasteiger partial charge >= 0.3 is 0 Å². The fourth-order valence-electron chi connectivity index (χ4n) is 2.08. The molecule has 0 unspecified atom stereocenters. The number of amides is 1. The highest BCUT2D eigenvalue weighted by Gasteiger charge is 2.24. The lowest BCUT2D eigenvalue weighted by Crippen LogP contribution is -2.43. The van der Waals surface area contributed by atoms with Gasteiger partial charge in [0.25, 0.3) is 0 Å². The van der Waals surface area contributed by atoms with Crippen LogP contribution < -0.4 is 10.6 Å². The number of rotatable bonds is 4. The minimum Gasteiger partial charge on any atom is -0.325 e. The molecule has 0 heterocycles. The van der Waals surface area contributed by atoms with Gasteiger partial charge in [0.05, 0.1) is 6.54 Å². The number of hydrogen-bond acceptors (Lipinski definition) is 2. The third-order valence-corrected chi connectivity index (χ3v) is 3.27. The zero-order chi connectivity index (χ0) is 12.3. The van der Waals surface area contributed by atoms with Crippen molar-refractivity contribution in [2.24, 2.45) is 5.92 Å². The number of carbonyl (C=O) groups is 1. The molecule has 2 rings (SSSR count). The molecule has 0 atom stereocenters. The summed E-state index contributed by atoms with van der Waals surface area (Å²) < 4.78 is 0. The molecule has 1 aromatic carbocycles. The van der Waals surface area contributed by atoms with Crippen LogP contribution in [0.15, 0.2) is 24.3 Å². The summed E-state index contributed by atoms with van der Waals surface area (Å²) in [6, 6.07) is 7.68. The molecule has 1 saturated carbocycles. The Bertz CT molecular complexity index is 402. The molecule has 1 fully saturated rings. The average molecular weight is 253 g/mol. The van der Waals surface area contributed by atoms with E-state index in [4.69, 9.17) is 11.6 Å². The van der Waals surface area contributed by atoms with Gasteiger partial charge in [0.2, 0.25) is 5.91 Å². The summed E-state index contributed by atoms with van der Waals surface area (Å²) in [5, 5.41) is 6.68. The summed E-state index contributed by atoms with van der Waals surface area (Å²) in [7, 11) is 0. The SMILES string of the molecule is CC1CC(NCC(=O)Nc2cccc(Cl)c2)C1. The van der Waals surface area contributed by atoms with Crippen molar-refractivity contribution < 1.29 is 4.79 Å². The number of benzene rings is 1. The van der Waals surface area contributed by atoms with Gasteiger partial charge in [-0.3, -0.25) is 4.79 Å². The molecule has 4 heteroatoms. The van der Waals surface area contributed by atoms with Gasteiger partial charge in [0.15, 0.2) is 0 Å². The smallest absolute Gasteiger partial charge is 0.238 e. The van der Waals surface area contributed by atoms with E-state index in [1.807, 2.05) is 12.1 Å². The Morgan fingerprint density at radius 1 is 1.47 bits per heavy atom. The van der Waals surface area contributed by atoms with E-state index in [2.05, 4.69) is 17.6 Å². The van der Waals surface area contributed by atoms with E-state index in [0.717, 1.165) is 11.6 Å². The van der Waals surface area contributed by atoms with Crippen LogP contribution >= 0.6 is 11.6 Å². The van der Waals surface area contributed by atoms with Crippen molar-refractivity contribution in [2.75, 3.05) is 11.9 Å². The average Bonchev–Trinajstić information content (AvgIpc) is 2.23. The van der Waals surface area contributed by atoms with Crippen LogP contribution in [0.1, 0.15) is 19.8 Å². The minimum absolute atomic E-state index is 0.0215. The van der Waals surface area contributed by atoms with E-state index >= 15 is 0 Å². The quantitative estimate of drug-likeness (QED) is 0.865. The predicted octanol–water partition coefficient (Wildman–Crippen LogP) is 2.67. The van der Waals surface area contributed by atoms with Gasteiger partial charge in [-0.1, -0.05) is 24.6 Å². The molecule has 2 N–H and O–H groups in total. The number of nitrogens with one attached hydrogen (secondary N) is 2. The Labute approximate surface area is 107 Å². The lowest BCUT2D eigenvalue weighted by molar-refractivity contribution is -0.115. The lowest BCUT2D eigenvalue weighted by Gasteiger charge is -2.33. The summed E-state index contributed by atoms with van der Waals surface area (Å²) in [4.78, 5) is 11.6. The van der Waals surface area contributed by atoms with Gasteiger partial charge in [0.1, 0.15) is 0 Å². The Kier molecular flexibility index (Phi) is 4.02. The first-order chi connectivity index (χ1) is 8.13. The standard InChI is InChI=1S/C13H17ClN2O/c1-9-5-12(6-9)15-8-13(17)16-11-4-2-3-10(14)7-11/h2-4,7,9,12,15H,5-6,8H2,1H3,(H,16,17). The van der Waals surface area contributed by atoms with E-state index in [0.29, 0.717) is 17.6 Å². The Morgan fingerprint density at radius 3 is 2.88 bits per heavy atom. The van der Waals surface area contributed by atoms with E-state index in [1.54, 1.807) is 12.1 Å². The maximum Gasteiger partial charge on any atom is 0.238 e. The van der Waals surface area contributed by atoms with Crippen molar-refractivity contribution in [3.63, 3.8) is 0 Å². The van der Waals surface area contributed by atoms with Gasteiger partial charge in [-0.15, -0.1) is 0 Å². The summed E-state index contributed by atoms with van der Waals surface area (Å²) in [6.07, 6.45) is 2.34. The second-order valence-corrected chi connectivity index (χ2v) is 5.15. The molecule has 0 bridgehead atoms. The third kappa shape index (κ3) is 3.72. The molecule has 0 aliphatic heterocycles. The third-order valence-electron chi connectivity index (χ3n) is 3.03. The number of halogens is 1. The van der Waals surface area contributed by atoms with Crippen LogP contribution in [0.3, 0.4) is 0 Å². The summed E-state index contributed by atoms with van der Waals surface area (Å²) >= 11 is 5.84. The van der Waals surface area contributed by atoms with Crippen molar-refractivity contribution in [1.29, 1.82) is 0 Å². The molecule has 0 radical (unpaired) electrons. The summed E-state index contributed by atoms with van der Waals surface area (Å²) in [6.45, 7) is 2.59. The van der Waals surface area contributed by atoms with E-state index in [9.17, 15) is 4.79 Å². The Hall–Kier alpha value is -1.06. The van der Waals surface area contributed by atoms with Gasteiger partial charge in [-0.25, -0.2) is 0 Å². The van der Waals surface area contributed by atoms with Crippen LogP contribution in [-0.2, 0) is 4.79 Å². The van der Waals surface area contributed by atoms with E-state index in [1.165, 1.54) is 12.8 Å². The first-order valence-electron chi connectivity index (χ1n) is 5.92. The predicted molar refractivity (Wildman–Crippen MR) is 70.3 cm³/mol. The van der Waals surface area contributed by atoms with Crippen molar-refractivity contribution in [3.8, 4) is 0 Å². The number of anilines is 1. The van der Waals surface area contributed by atoms with Gasteiger partial charge in [0, 0.05) is 16.8 Å². The van der Waals surface area contributed by atoms with Crippen molar-refractivity contribution in [1.82, 2.24) is 5.32 Å². The summed E-state index contributed by atoms with van der Waals surface area (Å²) in [5.74, 6) is 0.773.